The van der Waals surface area contributed by atoms with Gasteiger partial charge in [-0.2, -0.15) is 5.26 Å². The molecule has 0 amide bonds. The molecule has 2 aliphatic heterocycles. The predicted molar refractivity (Wildman–Crippen MR) is 126 cm³/mol. The molecule has 0 unspecified atom stereocenters. The van der Waals surface area contributed by atoms with Gasteiger partial charge in [-0.15, -0.1) is 14.8 Å². The van der Waals surface area contributed by atoms with E-state index >= 15 is 0 Å². The molecule has 2 aromatic heterocycles. The Kier molecular flexibility index (Phi) is 4.66. The molecule has 2 aromatic carbocycles. The highest BCUT2D eigenvalue weighted by Crippen LogP contribution is 2.37. The van der Waals surface area contributed by atoms with E-state index in [1.807, 2.05) is 19.1 Å². The van der Waals surface area contributed by atoms with Gasteiger partial charge in [0.2, 0.25) is 0 Å². The van der Waals surface area contributed by atoms with Gasteiger partial charge in [0.25, 0.3) is 0 Å². The lowest BCUT2D eigenvalue weighted by Gasteiger charge is -2.36. The molecule has 4 aromatic rings. The molecule has 0 saturated carbocycles. The number of morpholine rings is 1. The molecule has 2 saturated heterocycles. The minimum atomic E-state index is -0.0433. The molecular formula is C25H25N7O. The number of hydrogen-bond donors (Lipinski definition) is 1. The number of hydrogen-bond acceptors (Lipinski definition) is 7. The SMILES string of the molecule is Cc1c(C#N)cccc1[C@@H](C)Nc1nn2ncnc2c2ccc(N3[C@@H]4CC[C@H]3COC4)cc12. The summed E-state index contributed by atoms with van der Waals surface area (Å²) in [4.78, 5) is 6.96. The van der Waals surface area contributed by atoms with E-state index in [9.17, 15) is 5.26 Å². The average Bonchev–Trinajstić information content (AvgIpc) is 3.40. The first-order chi connectivity index (χ1) is 16.1. The Bertz CT molecular complexity index is 1390. The first-order valence-corrected chi connectivity index (χ1v) is 11.4. The maximum Gasteiger partial charge on any atom is 0.184 e. The van der Waals surface area contributed by atoms with Crippen molar-refractivity contribution in [3.8, 4) is 6.07 Å². The van der Waals surface area contributed by atoms with E-state index in [4.69, 9.17) is 9.84 Å². The molecule has 1 N–H and O–H groups in total. The number of fused-ring (bicyclic) bond motifs is 5. The van der Waals surface area contributed by atoms with Crippen LogP contribution in [0.5, 0.6) is 0 Å². The third-order valence-electron chi connectivity index (χ3n) is 7.08. The highest BCUT2D eigenvalue weighted by Gasteiger charge is 2.37. The third-order valence-corrected chi connectivity index (χ3v) is 7.08. The van der Waals surface area contributed by atoms with Gasteiger partial charge in [0, 0.05) is 16.5 Å². The van der Waals surface area contributed by atoms with E-state index in [-0.39, 0.29) is 6.04 Å². The molecule has 6 rings (SSSR count). The van der Waals surface area contributed by atoms with Crippen LogP contribution in [-0.4, -0.2) is 45.1 Å². The fourth-order valence-corrected chi connectivity index (χ4v) is 5.40. The summed E-state index contributed by atoms with van der Waals surface area (Å²) < 4.78 is 7.36. The molecule has 0 radical (unpaired) electrons. The minimum Gasteiger partial charge on any atom is -0.377 e. The second-order valence-corrected chi connectivity index (χ2v) is 8.98. The van der Waals surface area contributed by atoms with Gasteiger partial charge in [-0.1, -0.05) is 12.1 Å². The van der Waals surface area contributed by atoms with Gasteiger partial charge in [-0.3, -0.25) is 0 Å². The lowest BCUT2D eigenvalue weighted by Crippen LogP contribution is -2.45. The highest BCUT2D eigenvalue weighted by atomic mass is 16.5. The molecule has 2 aliphatic rings. The Morgan fingerprint density at radius 3 is 2.76 bits per heavy atom. The number of aromatic nitrogens is 4. The van der Waals surface area contributed by atoms with Crippen LogP contribution < -0.4 is 10.2 Å². The molecule has 2 bridgehead atoms. The van der Waals surface area contributed by atoms with Crippen LogP contribution in [-0.2, 0) is 4.74 Å². The Morgan fingerprint density at radius 2 is 1.97 bits per heavy atom. The maximum atomic E-state index is 9.44. The quantitative estimate of drug-likeness (QED) is 0.514. The molecule has 4 heterocycles. The smallest absolute Gasteiger partial charge is 0.184 e. The van der Waals surface area contributed by atoms with Crippen LogP contribution in [0.4, 0.5) is 11.5 Å². The molecule has 8 nitrogen and oxygen atoms in total. The van der Waals surface area contributed by atoms with Gasteiger partial charge < -0.3 is 15.0 Å². The molecule has 2 fully saturated rings. The zero-order valence-corrected chi connectivity index (χ0v) is 18.7. The zero-order chi connectivity index (χ0) is 22.5. The second-order valence-electron chi connectivity index (χ2n) is 8.98. The van der Waals surface area contributed by atoms with E-state index in [1.165, 1.54) is 24.9 Å². The van der Waals surface area contributed by atoms with Gasteiger partial charge in [0.15, 0.2) is 11.5 Å². The summed E-state index contributed by atoms with van der Waals surface area (Å²) in [5.74, 6) is 0.750. The average molecular weight is 440 g/mol. The number of ether oxygens (including phenoxy) is 1. The monoisotopic (exact) mass is 439 g/mol. The Balaban J connectivity index is 1.45. The summed E-state index contributed by atoms with van der Waals surface area (Å²) in [6.45, 7) is 5.65. The molecule has 8 heteroatoms. The fourth-order valence-electron chi connectivity index (χ4n) is 5.40. The highest BCUT2D eigenvalue weighted by molar-refractivity contribution is 6.01. The minimum absolute atomic E-state index is 0.0433. The molecular weight excluding hydrogens is 414 g/mol. The first kappa shape index (κ1) is 19.9. The molecule has 3 atom stereocenters. The van der Waals surface area contributed by atoms with Crippen molar-refractivity contribution in [3.05, 3.63) is 59.4 Å². The van der Waals surface area contributed by atoms with Crippen molar-refractivity contribution < 1.29 is 4.74 Å². The van der Waals surface area contributed by atoms with Crippen molar-refractivity contribution in [3.63, 3.8) is 0 Å². The number of nitriles is 1. The van der Waals surface area contributed by atoms with Gasteiger partial charge in [-0.05, 0) is 62.1 Å². The molecule has 166 valence electrons. The fraction of sp³-hybridized carbons (Fsp3) is 0.360. The normalized spacial score (nSPS) is 20.8. The number of nitrogens with zero attached hydrogens (tertiary/aromatic N) is 6. The Morgan fingerprint density at radius 1 is 1.15 bits per heavy atom. The van der Waals surface area contributed by atoms with Crippen LogP contribution in [0.15, 0.2) is 42.7 Å². The van der Waals surface area contributed by atoms with Crippen LogP contribution in [0.3, 0.4) is 0 Å². The Labute approximate surface area is 191 Å². The maximum absolute atomic E-state index is 9.44. The van der Waals surface area contributed by atoms with E-state index < -0.39 is 0 Å². The van der Waals surface area contributed by atoms with Gasteiger partial charge in [0.1, 0.15) is 6.33 Å². The second kappa shape index (κ2) is 7.71. The molecule has 0 aliphatic carbocycles. The molecule has 0 spiro atoms. The third kappa shape index (κ3) is 3.19. The van der Waals surface area contributed by atoms with Crippen molar-refractivity contribution in [1.29, 1.82) is 5.26 Å². The van der Waals surface area contributed by atoms with Crippen LogP contribution in [0.25, 0.3) is 16.4 Å². The van der Waals surface area contributed by atoms with Crippen molar-refractivity contribution in [2.45, 2.75) is 44.8 Å². The van der Waals surface area contributed by atoms with Crippen molar-refractivity contribution in [2.24, 2.45) is 0 Å². The predicted octanol–water partition coefficient (Wildman–Crippen LogP) is 4.00. The number of rotatable bonds is 4. The van der Waals surface area contributed by atoms with Gasteiger partial charge in [0.05, 0.1) is 43.0 Å². The van der Waals surface area contributed by atoms with E-state index in [0.29, 0.717) is 17.6 Å². The summed E-state index contributed by atoms with van der Waals surface area (Å²) in [5, 5.41) is 24.1. The van der Waals surface area contributed by atoms with Crippen molar-refractivity contribution >= 4 is 27.9 Å². The first-order valence-electron chi connectivity index (χ1n) is 11.4. The summed E-state index contributed by atoms with van der Waals surface area (Å²) in [6.07, 6.45) is 3.87. The number of anilines is 2. The topological polar surface area (TPSA) is 91.4 Å². The lowest BCUT2D eigenvalue weighted by molar-refractivity contribution is 0.0907. The van der Waals surface area contributed by atoms with Crippen molar-refractivity contribution in [1.82, 2.24) is 19.8 Å². The number of benzene rings is 2. The van der Waals surface area contributed by atoms with Crippen LogP contribution in [0.2, 0.25) is 0 Å². The summed E-state index contributed by atoms with van der Waals surface area (Å²) in [5.41, 5.74) is 4.68. The van der Waals surface area contributed by atoms with E-state index in [0.717, 1.165) is 46.6 Å². The largest absolute Gasteiger partial charge is 0.377 e. The van der Waals surface area contributed by atoms with Gasteiger partial charge in [-0.25, -0.2) is 4.98 Å². The van der Waals surface area contributed by atoms with Gasteiger partial charge >= 0.3 is 0 Å². The van der Waals surface area contributed by atoms with Crippen molar-refractivity contribution in [2.75, 3.05) is 23.4 Å². The molecule has 33 heavy (non-hydrogen) atoms. The number of nitrogens with one attached hydrogen (secondary N) is 1. The summed E-state index contributed by atoms with van der Waals surface area (Å²) in [6, 6.07) is 15.5. The van der Waals surface area contributed by atoms with E-state index in [1.54, 1.807) is 4.63 Å². The summed E-state index contributed by atoms with van der Waals surface area (Å²) in [7, 11) is 0. The Hall–Kier alpha value is -3.70. The summed E-state index contributed by atoms with van der Waals surface area (Å²) >= 11 is 0. The zero-order valence-electron chi connectivity index (χ0n) is 18.7. The van der Waals surface area contributed by atoms with Crippen LogP contribution >= 0.6 is 0 Å². The van der Waals surface area contributed by atoms with Crippen LogP contribution in [0, 0.1) is 18.3 Å². The lowest BCUT2D eigenvalue weighted by atomic mass is 9.98. The van der Waals surface area contributed by atoms with Crippen LogP contribution in [0.1, 0.15) is 42.5 Å². The van der Waals surface area contributed by atoms with E-state index in [2.05, 4.69) is 57.6 Å². The standard InChI is InChI=1S/C25H25N7O/c1-15-17(11-26)4-3-5-21(15)16(2)29-24-23-10-18(31-19-6-7-20(31)13-33-12-19)8-9-22(23)25-27-14-28-32(25)30-24/h3-5,8-10,14,16,19-20H,6-7,12-13H2,1-2H3,(H,29,30)/t16-,19-,20+/m1/s1.